The fourth-order valence-electron chi connectivity index (χ4n) is 1.01. The number of aliphatic imine (C=N–C) groups is 2. The lowest BCUT2D eigenvalue weighted by atomic mass is 10.0. The number of urea groups is 1. The number of nitrogens with zero attached hydrogens (tertiary/aromatic N) is 2. The van der Waals surface area contributed by atoms with Gasteiger partial charge in [0.1, 0.15) is 5.71 Å². The smallest absolute Gasteiger partial charge is 0.288 e. The topological polar surface area (TPSA) is 58.9 Å². The largest absolute Gasteiger partial charge is 0.367 e. The van der Waals surface area contributed by atoms with Crippen LogP contribution < -0.4 is 0 Å². The Morgan fingerprint density at radius 2 is 2.08 bits per heavy atom. The number of carbonyl (C=O) groups excluding carboxylic acids is 2. The van der Waals surface area contributed by atoms with Crippen LogP contribution in [0.25, 0.3) is 0 Å². The molecule has 0 aromatic heterocycles. The number of amides is 2. The van der Waals surface area contributed by atoms with E-state index in [1.54, 1.807) is 12.2 Å². The maximum Gasteiger partial charge on any atom is 0.367 e. The normalized spacial score (nSPS) is 20.3. The van der Waals surface area contributed by atoms with E-state index in [4.69, 9.17) is 0 Å². The first kappa shape index (κ1) is 6.84. The molecule has 2 aliphatic rings. The van der Waals surface area contributed by atoms with Crippen molar-refractivity contribution < 1.29 is 9.59 Å². The Bertz CT molecular complexity index is 386. The van der Waals surface area contributed by atoms with E-state index >= 15 is 0 Å². The Morgan fingerprint density at radius 3 is 2.92 bits per heavy atom. The Morgan fingerprint density at radius 1 is 1.25 bits per heavy atom. The summed E-state index contributed by atoms with van der Waals surface area (Å²) < 4.78 is 0. The molecule has 0 saturated carbocycles. The predicted molar refractivity (Wildman–Crippen MR) is 43.6 cm³/mol. The molecule has 0 bridgehead atoms. The van der Waals surface area contributed by atoms with Gasteiger partial charge in [-0.1, -0.05) is 12.2 Å². The molecule has 0 radical (unpaired) electrons. The standard InChI is InChI=1S/C8H4N2O2/c11-6-3-1-2-5-4-9-8(12)10-7(5)6/h1-4H. The molecule has 12 heavy (non-hydrogen) atoms. The van der Waals surface area contributed by atoms with Crippen molar-refractivity contribution in [2.75, 3.05) is 0 Å². The predicted octanol–water partition coefficient (Wildman–Crippen LogP) is 0.697. The molecule has 0 N–H and O–H groups in total. The zero-order chi connectivity index (χ0) is 8.55. The van der Waals surface area contributed by atoms with Crippen LogP contribution in [-0.2, 0) is 4.79 Å². The lowest BCUT2D eigenvalue weighted by Crippen LogP contribution is -2.21. The second-order valence-corrected chi connectivity index (χ2v) is 2.35. The fraction of sp³-hybridized carbons (Fsp3) is 0. The van der Waals surface area contributed by atoms with Crippen molar-refractivity contribution in [1.82, 2.24) is 0 Å². The first-order valence-electron chi connectivity index (χ1n) is 3.37. The Balaban J connectivity index is 2.53. The van der Waals surface area contributed by atoms with Crippen LogP contribution in [0.15, 0.2) is 33.8 Å². The third-order valence-electron chi connectivity index (χ3n) is 1.55. The van der Waals surface area contributed by atoms with Gasteiger partial charge in [-0.15, -0.1) is 0 Å². The van der Waals surface area contributed by atoms with Crippen molar-refractivity contribution in [1.29, 1.82) is 0 Å². The molecule has 0 aromatic carbocycles. The average Bonchev–Trinajstić information content (AvgIpc) is 2.07. The lowest BCUT2D eigenvalue weighted by molar-refractivity contribution is -0.108. The highest BCUT2D eigenvalue weighted by Gasteiger charge is 2.19. The van der Waals surface area contributed by atoms with Crippen LogP contribution in [0.1, 0.15) is 0 Å². The van der Waals surface area contributed by atoms with Crippen LogP contribution in [0.3, 0.4) is 0 Å². The van der Waals surface area contributed by atoms with Crippen LogP contribution in [0, 0.1) is 0 Å². The summed E-state index contributed by atoms with van der Waals surface area (Å²) in [7, 11) is 0. The summed E-state index contributed by atoms with van der Waals surface area (Å²) in [5.41, 5.74) is 0.791. The monoisotopic (exact) mass is 160 g/mol. The molecule has 2 amide bonds. The number of allylic oxidation sites excluding steroid dienone is 4. The molecule has 0 atom stereocenters. The fourth-order valence-corrected chi connectivity index (χ4v) is 1.01. The van der Waals surface area contributed by atoms with Crippen LogP contribution in [0.2, 0.25) is 0 Å². The van der Waals surface area contributed by atoms with Crippen molar-refractivity contribution in [3.05, 3.63) is 23.8 Å². The lowest BCUT2D eigenvalue weighted by Gasteiger charge is -2.08. The van der Waals surface area contributed by atoms with E-state index in [1.165, 1.54) is 12.3 Å². The van der Waals surface area contributed by atoms with Crippen molar-refractivity contribution in [3.8, 4) is 0 Å². The molecule has 1 aliphatic heterocycles. The van der Waals surface area contributed by atoms with Crippen molar-refractivity contribution in [2.45, 2.75) is 0 Å². The summed E-state index contributed by atoms with van der Waals surface area (Å²) in [4.78, 5) is 28.7. The first-order valence-corrected chi connectivity index (χ1v) is 3.37. The van der Waals surface area contributed by atoms with Gasteiger partial charge in [-0.25, -0.2) is 4.79 Å². The molecular formula is C8H4N2O2. The van der Waals surface area contributed by atoms with E-state index in [0.29, 0.717) is 5.57 Å². The van der Waals surface area contributed by atoms with E-state index in [1.807, 2.05) is 0 Å². The molecular weight excluding hydrogens is 156 g/mol. The quantitative estimate of drug-likeness (QED) is 0.489. The van der Waals surface area contributed by atoms with Gasteiger partial charge in [0.15, 0.2) is 0 Å². The number of carbonyl (C=O) groups is 2. The first-order chi connectivity index (χ1) is 5.77. The van der Waals surface area contributed by atoms with Gasteiger partial charge in [0.05, 0.1) is 0 Å². The number of ketones is 1. The van der Waals surface area contributed by atoms with E-state index in [2.05, 4.69) is 9.98 Å². The second kappa shape index (κ2) is 2.34. The molecule has 0 spiro atoms. The minimum Gasteiger partial charge on any atom is -0.288 e. The van der Waals surface area contributed by atoms with Gasteiger partial charge in [0.2, 0.25) is 5.78 Å². The van der Waals surface area contributed by atoms with Gasteiger partial charge in [-0.2, -0.15) is 9.98 Å². The molecule has 1 heterocycles. The van der Waals surface area contributed by atoms with Crippen LogP contribution in [0.4, 0.5) is 4.79 Å². The van der Waals surface area contributed by atoms with Gasteiger partial charge in [-0.05, 0) is 6.08 Å². The molecule has 58 valence electrons. The minimum atomic E-state index is -0.620. The SMILES string of the molecule is O=C1N=CC2=CC=CC(=O)C2=N1. The highest BCUT2D eigenvalue weighted by atomic mass is 16.2. The number of rotatable bonds is 0. The van der Waals surface area contributed by atoms with Gasteiger partial charge in [-0.3, -0.25) is 4.79 Å². The zero-order valence-electron chi connectivity index (χ0n) is 6.02. The van der Waals surface area contributed by atoms with Crippen LogP contribution in [-0.4, -0.2) is 23.7 Å². The maximum atomic E-state index is 11.1. The van der Waals surface area contributed by atoms with E-state index < -0.39 is 6.03 Å². The van der Waals surface area contributed by atoms with Gasteiger partial charge in [0.25, 0.3) is 0 Å². The average molecular weight is 160 g/mol. The van der Waals surface area contributed by atoms with Gasteiger partial charge in [0, 0.05) is 11.8 Å². The summed E-state index contributed by atoms with van der Waals surface area (Å²) >= 11 is 0. The molecule has 0 saturated heterocycles. The highest BCUT2D eigenvalue weighted by molar-refractivity contribution is 6.56. The summed E-state index contributed by atoms with van der Waals surface area (Å²) in [5.74, 6) is -0.244. The van der Waals surface area contributed by atoms with Gasteiger partial charge < -0.3 is 0 Å². The summed E-state index contributed by atoms with van der Waals surface area (Å²) in [6.45, 7) is 0. The number of hydrogen-bond donors (Lipinski definition) is 0. The maximum absolute atomic E-state index is 11.1. The van der Waals surface area contributed by atoms with E-state index in [0.717, 1.165) is 0 Å². The van der Waals surface area contributed by atoms with Crippen molar-refractivity contribution in [3.63, 3.8) is 0 Å². The summed E-state index contributed by atoms with van der Waals surface area (Å²) in [6.07, 6.45) is 6.02. The van der Waals surface area contributed by atoms with Crippen LogP contribution >= 0.6 is 0 Å². The van der Waals surface area contributed by atoms with E-state index in [-0.39, 0.29) is 11.5 Å². The zero-order valence-corrected chi connectivity index (χ0v) is 6.02. The van der Waals surface area contributed by atoms with Gasteiger partial charge >= 0.3 is 6.03 Å². The van der Waals surface area contributed by atoms with Crippen molar-refractivity contribution >= 4 is 23.7 Å². The number of hydrogen-bond acceptors (Lipinski definition) is 2. The molecule has 4 nitrogen and oxygen atoms in total. The summed E-state index contributed by atoms with van der Waals surface area (Å²) in [5, 5.41) is 0. The Kier molecular flexibility index (Phi) is 1.33. The third-order valence-corrected chi connectivity index (χ3v) is 1.55. The number of fused-ring (bicyclic) bond motifs is 1. The third kappa shape index (κ3) is 0.934. The minimum absolute atomic E-state index is 0.192. The molecule has 0 unspecified atom stereocenters. The Hall–Kier alpha value is -1.84. The van der Waals surface area contributed by atoms with Crippen molar-refractivity contribution in [2.24, 2.45) is 9.98 Å². The molecule has 4 heteroatoms. The highest BCUT2D eigenvalue weighted by Crippen LogP contribution is 2.09. The van der Waals surface area contributed by atoms with E-state index in [9.17, 15) is 9.59 Å². The second-order valence-electron chi connectivity index (χ2n) is 2.35. The molecule has 0 fully saturated rings. The Labute approximate surface area is 68.0 Å². The molecule has 2 rings (SSSR count). The van der Waals surface area contributed by atoms with Crippen LogP contribution in [0.5, 0.6) is 0 Å². The molecule has 0 aromatic rings. The summed E-state index contributed by atoms with van der Waals surface area (Å²) in [6, 6.07) is -0.620. The molecule has 1 aliphatic carbocycles.